The van der Waals surface area contributed by atoms with Gasteiger partial charge in [0.1, 0.15) is 5.75 Å². The van der Waals surface area contributed by atoms with Gasteiger partial charge in [0.05, 0.1) is 12.9 Å². The van der Waals surface area contributed by atoms with Gasteiger partial charge >= 0.3 is 0 Å². The van der Waals surface area contributed by atoms with E-state index in [1.54, 1.807) is 19.5 Å². The van der Waals surface area contributed by atoms with Gasteiger partial charge in [-0.25, -0.2) is 0 Å². The minimum absolute atomic E-state index is 0.118. The summed E-state index contributed by atoms with van der Waals surface area (Å²) in [5.74, 6) is 1.47. The fourth-order valence-electron chi connectivity index (χ4n) is 3.09. The maximum atomic E-state index is 12.6. The molecule has 0 saturated carbocycles. The summed E-state index contributed by atoms with van der Waals surface area (Å²) in [4.78, 5) is 16.8. The van der Waals surface area contributed by atoms with Crippen LogP contribution in [-0.2, 0) is 4.79 Å². The van der Waals surface area contributed by atoms with Crippen molar-refractivity contribution < 1.29 is 9.53 Å². The molecule has 0 atom stereocenters. The fourth-order valence-corrected chi connectivity index (χ4v) is 4.32. The minimum atomic E-state index is -0.118. The standard InChI is InChI=1S/C23H20BrN5O2S/c1-15-12-17(24)5-10-20(15)26-21(30)14-32-23-28-27-22(16-4-3-11-25-13-16)29(23)18-6-8-19(31-2)9-7-18/h3-13H,14H2,1-2H3,(H,26,30). The molecule has 0 radical (unpaired) electrons. The van der Waals surface area contributed by atoms with E-state index in [9.17, 15) is 4.79 Å². The smallest absolute Gasteiger partial charge is 0.234 e. The summed E-state index contributed by atoms with van der Waals surface area (Å²) in [6.07, 6.45) is 3.45. The van der Waals surface area contributed by atoms with Gasteiger partial charge in [-0.3, -0.25) is 14.3 Å². The van der Waals surface area contributed by atoms with Crippen LogP contribution in [0.2, 0.25) is 0 Å². The molecule has 2 aromatic heterocycles. The van der Waals surface area contributed by atoms with Crippen molar-refractivity contribution in [3.8, 4) is 22.8 Å². The summed E-state index contributed by atoms with van der Waals surface area (Å²) in [5.41, 5.74) is 3.46. The van der Waals surface area contributed by atoms with E-state index < -0.39 is 0 Å². The highest BCUT2D eigenvalue weighted by Crippen LogP contribution is 2.29. The van der Waals surface area contributed by atoms with Crippen LogP contribution in [0.4, 0.5) is 5.69 Å². The van der Waals surface area contributed by atoms with E-state index in [4.69, 9.17) is 4.74 Å². The zero-order chi connectivity index (χ0) is 22.5. The van der Waals surface area contributed by atoms with Gasteiger partial charge in [-0.2, -0.15) is 0 Å². The summed E-state index contributed by atoms with van der Waals surface area (Å²) in [6, 6.07) is 17.1. The molecule has 2 aromatic carbocycles. The predicted molar refractivity (Wildman–Crippen MR) is 129 cm³/mol. The molecule has 0 spiro atoms. The van der Waals surface area contributed by atoms with E-state index in [1.165, 1.54) is 11.8 Å². The number of aryl methyl sites for hydroxylation is 1. The monoisotopic (exact) mass is 509 g/mol. The summed E-state index contributed by atoms with van der Waals surface area (Å²) >= 11 is 4.76. The van der Waals surface area contributed by atoms with Crippen LogP contribution in [0.1, 0.15) is 5.56 Å². The molecule has 0 aliphatic rings. The number of nitrogens with one attached hydrogen (secondary N) is 1. The first-order valence-corrected chi connectivity index (χ1v) is 11.5. The van der Waals surface area contributed by atoms with Crippen LogP contribution in [0, 0.1) is 6.92 Å². The zero-order valence-corrected chi connectivity index (χ0v) is 19.9. The average Bonchev–Trinajstić information content (AvgIpc) is 3.24. The number of thioether (sulfide) groups is 1. The molecule has 32 heavy (non-hydrogen) atoms. The molecule has 4 rings (SSSR count). The summed E-state index contributed by atoms with van der Waals surface area (Å²) < 4.78 is 8.16. The molecule has 162 valence electrons. The number of carbonyl (C=O) groups is 1. The Bertz CT molecular complexity index is 1230. The molecule has 9 heteroatoms. The van der Waals surface area contributed by atoms with Crippen LogP contribution in [0.15, 0.2) is 76.6 Å². The fraction of sp³-hybridized carbons (Fsp3) is 0.130. The van der Waals surface area contributed by atoms with Crippen LogP contribution < -0.4 is 10.1 Å². The van der Waals surface area contributed by atoms with E-state index in [2.05, 4.69) is 36.4 Å². The number of benzene rings is 2. The molecule has 0 saturated heterocycles. The van der Waals surface area contributed by atoms with Crippen molar-refractivity contribution in [2.75, 3.05) is 18.2 Å². The van der Waals surface area contributed by atoms with Gasteiger partial charge < -0.3 is 10.1 Å². The molecule has 7 nitrogen and oxygen atoms in total. The normalized spacial score (nSPS) is 10.7. The van der Waals surface area contributed by atoms with Crippen LogP contribution in [-0.4, -0.2) is 38.5 Å². The van der Waals surface area contributed by atoms with Gasteiger partial charge in [0.25, 0.3) is 0 Å². The van der Waals surface area contributed by atoms with Crippen molar-refractivity contribution in [3.05, 3.63) is 77.0 Å². The average molecular weight is 510 g/mol. The highest BCUT2D eigenvalue weighted by atomic mass is 79.9. The number of hydrogen-bond donors (Lipinski definition) is 1. The lowest BCUT2D eigenvalue weighted by Gasteiger charge is -2.11. The molecular weight excluding hydrogens is 490 g/mol. The van der Waals surface area contributed by atoms with Crippen molar-refractivity contribution in [2.45, 2.75) is 12.1 Å². The maximum absolute atomic E-state index is 12.6. The van der Waals surface area contributed by atoms with Gasteiger partial charge in [-0.15, -0.1) is 10.2 Å². The first kappa shape index (κ1) is 22.0. The Labute approximate surface area is 198 Å². The third-order valence-corrected chi connectivity index (χ3v) is 6.10. The lowest BCUT2D eigenvalue weighted by Crippen LogP contribution is -2.15. The quantitative estimate of drug-likeness (QED) is 0.347. The molecule has 2 heterocycles. The second-order valence-corrected chi connectivity index (χ2v) is 8.74. The number of anilines is 1. The molecule has 4 aromatic rings. The first-order valence-electron chi connectivity index (χ1n) is 9.74. The zero-order valence-electron chi connectivity index (χ0n) is 17.4. The third kappa shape index (κ3) is 5.00. The molecule has 0 aliphatic carbocycles. The first-order chi connectivity index (χ1) is 15.5. The molecular formula is C23H20BrN5O2S. The highest BCUT2D eigenvalue weighted by molar-refractivity contribution is 9.10. The van der Waals surface area contributed by atoms with Gasteiger partial charge in [0.15, 0.2) is 11.0 Å². The number of methoxy groups -OCH3 is 1. The number of aromatic nitrogens is 4. The predicted octanol–water partition coefficient (Wildman–Crippen LogP) is 5.14. The van der Waals surface area contributed by atoms with Crippen LogP contribution in [0.5, 0.6) is 5.75 Å². The second kappa shape index (κ2) is 9.97. The van der Waals surface area contributed by atoms with Gasteiger partial charge in [-0.1, -0.05) is 27.7 Å². The van der Waals surface area contributed by atoms with Crippen molar-refractivity contribution in [1.82, 2.24) is 19.7 Å². The van der Waals surface area contributed by atoms with Crippen LogP contribution >= 0.6 is 27.7 Å². The lowest BCUT2D eigenvalue weighted by molar-refractivity contribution is -0.113. The summed E-state index contributed by atoms with van der Waals surface area (Å²) in [5, 5.41) is 12.3. The van der Waals surface area contributed by atoms with E-state index in [0.717, 1.165) is 32.7 Å². The Morgan fingerprint density at radius 1 is 1.16 bits per heavy atom. The number of nitrogens with zero attached hydrogens (tertiary/aromatic N) is 4. The molecule has 1 N–H and O–H groups in total. The number of pyridine rings is 1. The molecule has 0 aliphatic heterocycles. The van der Waals surface area contributed by atoms with E-state index in [1.807, 2.05) is 66.1 Å². The van der Waals surface area contributed by atoms with E-state index in [-0.39, 0.29) is 11.7 Å². The highest BCUT2D eigenvalue weighted by Gasteiger charge is 2.18. The van der Waals surface area contributed by atoms with Crippen molar-refractivity contribution in [2.24, 2.45) is 0 Å². The Morgan fingerprint density at radius 2 is 1.97 bits per heavy atom. The van der Waals surface area contributed by atoms with Crippen LogP contribution in [0.25, 0.3) is 17.1 Å². The molecule has 1 amide bonds. The lowest BCUT2D eigenvalue weighted by atomic mass is 10.2. The Kier molecular flexibility index (Phi) is 6.87. The second-order valence-electron chi connectivity index (χ2n) is 6.88. The maximum Gasteiger partial charge on any atom is 0.234 e. The number of carbonyl (C=O) groups excluding carboxylic acids is 1. The SMILES string of the molecule is COc1ccc(-n2c(SCC(=O)Nc3ccc(Br)cc3C)nnc2-c2cccnc2)cc1. The summed E-state index contributed by atoms with van der Waals surface area (Å²) in [7, 11) is 1.63. The summed E-state index contributed by atoms with van der Waals surface area (Å²) in [6.45, 7) is 1.95. The largest absolute Gasteiger partial charge is 0.497 e. The Hall–Kier alpha value is -3.17. The number of rotatable bonds is 7. The third-order valence-electron chi connectivity index (χ3n) is 4.68. The number of hydrogen-bond acceptors (Lipinski definition) is 6. The Morgan fingerprint density at radius 3 is 2.66 bits per heavy atom. The van der Waals surface area contributed by atoms with E-state index >= 15 is 0 Å². The Balaban J connectivity index is 1.59. The molecule has 0 bridgehead atoms. The number of halogens is 1. The van der Waals surface area contributed by atoms with E-state index in [0.29, 0.717) is 11.0 Å². The molecule has 0 unspecified atom stereocenters. The van der Waals surface area contributed by atoms with Crippen molar-refractivity contribution in [1.29, 1.82) is 0 Å². The van der Waals surface area contributed by atoms with Crippen LogP contribution in [0.3, 0.4) is 0 Å². The molecule has 0 fully saturated rings. The number of ether oxygens (including phenoxy) is 1. The van der Waals surface area contributed by atoms with Gasteiger partial charge in [-0.05, 0) is 67.1 Å². The van der Waals surface area contributed by atoms with Crippen molar-refractivity contribution >= 4 is 39.3 Å². The minimum Gasteiger partial charge on any atom is -0.497 e. The van der Waals surface area contributed by atoms with Gasteiger partial charge in [0, 0.05) is 33.8 Å². The topological polar surface area (TPSA) is 81.9 Å². The van der Waals surface area contributed by atoms with Gasteiger partial charge in [0.2, 0.25) is 5.91 Å². The van der Waals surface area contributed by atoms with Crippen molar-refractivity contribution in [3.63, 3.8) is 0 Å². The number of amides is 1.